The first-order valence-corrected chi connectivity index (χ1v) is 7.76. The third-order valence-corrected chi connectivity index (χ3v) is 3.52. The maximum atomic E-state index is 12.9. The molecule has 0 heterocycles. The second kappa shape index (κ2) is 6.79. The van der Waals surface area contributed by atoms with Gasteiger partial charge in [-0.25, -0.2) is 0 Å². The molecule has 4 nitrogen and oxygen atoms in total. The SMILES string of the molecule is CC(C)(C)N(C(=O)c1ccccc1)C(=S)Nc1cccc(N)c1. The van der Waals surface area contributed by atoms with Crippen molar-refractivity contribution >= 4 is 34.6 Å². The molecule has 0 spiro atoms. The van der Waals surface area contributed by atoms with Crippen molar-refractivity contribution in [2.45, 2.75) is 26.3 Å². The van der Waals surface area contributed by atoms with E-state index in [4.69, 9.17) is 18.0 Å². The van der Waals surface area contributed by atoms with Gasteiger partial charge in [0.1, 0.15) is 0 Å². The maximum Gasteiger partial charge on any atom is 0.260 e. The molecule has 1 amide bonds. The summed E-state index contributed by atoms with van der Waals surface area (Å²) in [5.41, 5.74) is 7.31. The molecule has 0 atom stereocenters. The van der Waals surface area contributed by atoms with Crippen LogP contribution in [0, 0.1) is 0 Å². The summed E-state index contributed by atoms with van der Waals surface area (Å²) in [5.74, 6) is -0.139. The van der Waals surface area contributed by atoms with Crippen molar-refractivity contribution < 1.29 is 4.79 Å². The Morgan fingerprint density at radius 1 is 1.09 bits per heavy atom. The molecule has 0 aliphatic carbocycles. The normalized spacial score (nSPS) is 10.9. The smallest absolute Gasteiger partial charge is 0.260 e. The quantitative estimate of drug-likeness (QED) is 0.648. The lowest BCUT2D eigenvalue weighted by Crippen LogP contribution is -2.51. The van der Waals surface area contributed by atoms with Crippen LogP contribution in [0.4, 0.5) is 11.4 Å². The molecule has 0 saturated carbocycles. The standard InChI is InChI=1S/C18H21N3OS/c1-18(2,3)21(16(22)13-8-5-4-6-9-13)17(23)20-15-11-7-10-14(19)12-15/h4-12H,19H2,1-3H3,(H,20,23). The topological polar surface area (TPSA) is 58.4 Å². The number of nitrogens with two attached hydrogens (primary N) is 1. The average Bonchev–Trinajstić information content (AvgIpc) is 2.46. The van der Waals surface area contributed by atoms with Gasteiger partial charge in [0.2, 0.25) is 0 Å². The number of nitrogens with zero attached hydrogens (tertiary/aromatic N) is 1. The van der Waals surface area contributed by atoms with Crippen LogP contribution in [0.15, 0.2) is 54.6 Å². The first-order chi connectivity index (χ1) is 10.8. The van der Waals surface area contributed by atoms with Crippen molar-refractivity contribution in [3.05, 3.63) is 60.2 Å². The van der Waals surface area contributed by atoms with Crippen LogP contribution < -0.4 is 11.1 Å². The predicted molar refractivity (Wildman–Crippen MR) is 99.4 cm³/mol. The van der Waals surface area contributed by atoms with E-state index in [-0.39, 0.29) is 5.91 Å². The molecule has 5 heteroatoms. The van der Waals surface area contributed by atoms with Crippen molar-refractivity contribution in [3.63, 3.8) is 0 Å². The molecule has 120 valence electrons. The summed E-state index contributed by atoms with van der Waals surface area (Å²) in [7, 11) is 0. The number of carbonyl (C=O) groups is 1. The minimum atomic E-state index is -0.461. The molecular formula is C18H21N3OS. The lowest BCUT2D eigenvalue weighted by atomic mass is 10.0. The van der Waals surface area contributed by atoms with E-state index in [9.17, 15) is 4.79 Å². The number of rotatable bonds is 2. The van der Waals surface area contributed by atoms with E-state index in [1.54, 1.807) is 29.2 Å². The number of carbonyl (C=O) groups excluding carboxylic acids is 1. The van der Waals surface area contributed by atoms with E-state index >= 15 is 0 Å². The van der Waals surface area contributed by atoms with Crippen molar-refractivity contribution in [2.75, 3.05) is 11.1 Å². The fourth-order valence-corrected chi connectivity index (χ4v) is 2.68. The number of nitrogen functional groups attached to an aromatic ring is 1. The molecule has 23 heavy (non-hydrogen) atoms. The zero-order valence-electron chi connectivity index (χ0n) is 13.5. The third kappa shape index (κ3) is 4.29. The Labute approximate surface area is 142 Å². The fraction of sp³-hybridized carbons (Fsp3) is 0.222. The van der Waals surface area contributed by atoms with E-state index in [0.717, 1.165) is 5.69 Å². The number of hydrogen-bond acceptors (Lipinski definition) is 3. The highest BCUT2D eigenvalue weighted by atomic mass is 32.1. The summed E-state index contributed by atoms with van der Waals surface area (Å²) in [6.45, 7) is 5.84. The van der Waals surface area contributed by atoms with Gasteiger partial charge < -0.3 is 11.1 Å². The van der Waals surface area contributed by atoms with E-state index in [1.165, 1.54) is 0 Å². The lowest BCUT2D eigenvalue weighted by molar-refractivity contribution is 0.0753. The molecule has 0 fully saturated rings. The Bertz CT molecular complexity index is 708. The molecule has 0 bridgehead atoms. The summed E-state index contributed by atoms with van der Waals surface area (Å²) >= 11 is 5.48. The number of nitrogens with one attached hydrogen (secondary N) is 1. The number of benzene rings is 2. The van der Waals surface area contributed by atoms with Gasteiger partial charge in [-0.2, -0.15) is 0 Å². The highest BCUT2D eigenvalue weighted by Crippen LogP contribution is 2.20. The molecule has 0 aliphatic rings. The van der Waals surface area contributed by atoms with E-state index < -0.39 is 5.54 Å². The van der Waals surface area contributed by atoms with Crippen LogP contribution in [-0.4, -0.2) is 21.5 Å². The molecule has 2 aromatic rings. The molecule has 2 rings (SSSR count). The number of hydrogen-bond donors (Lipinski definition) is 2. The van der Waals surface area contributed by atoms with Gasteiger partial charge in [0.05, 0.1) is 0 Å². The Balaban J connectivity index is 2.28. The summed E-state index contributed by atoms with van der Waals surface area (Å²) in [6.07, 6.45) is 0. The molecular weight excluding hydrogens is 306 g/mol. The Hall–Kier alpha value is -2.40. The second-order valence-corrected chi connectivity index (χ2v) is 6.62. The third-order valence-electron chi connectivity index (χ3n) is 3.24. The van der Waals surface area contributed by atoms with Crippen LogP contribution in [0.1, 0.15) is 31.1 Å². The van der Waals surface area contributed by atoms with Gasteiger partial charge in [-0.05, 0) is 63.3 Å². The van der Waals surface area contributed by atoms with Crippen LogP contribution in [0.3, 0.4) is 0 Å². The summed E-state index contributed by atoms with van der Waals surface area (Å²) in [6, 6.07) is 16.4. The van der Waals surface area contributed by atoms with Crippen molar-refractivity contribution in [1.82, 2.24) is 4.90 Å². The minimum Gasteiger partial charge on any atom is -0.399 e. The van der Waals surface area contributed by atoms with Crippen LogP contribution in [0.25, 0.3) is 0 Å². The Kier molecular flexibility index (Phi) is 5.01. The fourth-order valence-electron chi connectivity index (χ4n) is 2.21. The molecule has 0 saturated heterocycles. The predicted octanol–water partition coefficient (Wildman–Crippen LogP) is 3.91. The monoisotopic (exact) mass is 327 g/mol. The summed E-state index contributed by atoms with van der Waals surface area (Å²) in [4.78, 5) is 14.4. The van der Waals surface area contributed by atoms with Crippen molar-refractivity contribution in [2.24, 2.45) is 0 Å². The molecule has 3 N–H and O–H groups in total. The minimum absolute atomic E-state index is 0.139. The first-order valence-electron chi connectivity index (χ1n) is 7.35. The van der Waals surface area contributed by atoms with Gasteiger partial charge in [0, 0.05) is 22.5 Å². The zero-order chi connectivity index (χ0) is 17.0. The first kappa shape index (κ1) is 17.0. The number of anilines is 2. The van der Waals surface area contributed by atoms with Crippen LogP contribution in [-0.2, 0) is 0 Å². The highest BCUT2D eigenvalue weighted by molar-refractivity contribution is 7.80. The molecule has 0 aliphatic heterocycles. The van der Waals surface area contributed by atoms with Gasteiger partial charge in [0.15, 0.2) is 5.11 Å². The van der Waals surface area contributed by atoms with Crippen LogP contribution >= 0.6 is 12.2 Å². The lowest BCUT2D eigenvalue weighted by Gasteiger charge is -2.36. The molecule has 2 aromatic carbocycles. The van der Waals surface area contributed by atoms with Gasteiger partial charge in [-0.15, -0.1) is 0 Å². The molecule has 0 unspecified atom stereocenters. The van der Waals surface area contributed by atoms with Gasteiger partial charge >= 0.3 is 0 Å². The zero-order valence-corrected chi connectivity index (χ0v) is 14.4. The molecule has 0 radical (unpaired) electrons. The van der Waals surface area contributed by atoms with Gasteiger partial charge in [0.25, 0.3) is 5.91 Å². The number of amides is 1. The van der Waals surface area contributed by atoms with Gasteiger partial charge in [-0.3, -0.25) is 9.69 Å². The number of thiocarbonyl (C=S) groups is 1. The van der Waals surface area contributed by atoms with E-state index in [1.807, 2.05) is 51.1 Å². The van der Waals surface area contributed by atoms with Crippen LogP contribution in [0.5, 0.6) is 0 Å². The van der Waals surface area contributed by atoms with Crippen LogP contribution in [0.2, 0.25) is 0 Å². The maximum absolute atomic E-state index is 12.9. The Morgan fingerprint density at radius 3 is 2.30 bits per heavy atom. The largest absolute Gasteiger partial charge is 0.399 e. The second-order valence-electron chi connectivity index (χ2n) is 6.23. The van der Waals surface area contributed by atoms with Crippen molar-refractivity contribution in [3.8, 4) is 0 Å². The van der Waals surface area contributed by atoms with E-state index in [2.05, 4.69) is 5.32 Å². The van der Waals surface area contributed by atoms with Crippen molar-refractivity contribution in [1.29, 1.82) is 0 Å². The summed E-state index contributed by atoms with van der Waals surface area (Å²) < 4.78 is 0. The van der Waals surface area contributed by atoms with E-state index in [0.29, 0.717) is 16.4 Å². The average molecular weight is 327 g/mol. The van der Waals surface area contributed by atoms with Gasteiger partial charge in [-0.1, -0.05) is 24.3 Å². The Morgan fingerprint density at radius 2 is 1.74 bits per heavy atom. The molecule has 0 aromatic heterocycles. The summed E-state index contributed by atoms with van der Waals surface area (Å²) in [5, 5.41) is 3.44. The highest BCUT2D eigenvalue weighted by Gasteiger charge is 2.30.